The number of hydrogen-bond acceptors (Lipinski definition) is 8. The van der Waals surface area contributed by atoms with E-state index < -0.39 is 6.04 Å². The van der Waals surface area contributed by atoms with Crippen molar-refractivity contribution < 1.29 is 14.3 Å². The SMILES string of the molecule is CCOC(=O)C[C@@H]1N=C(c2ccc(-c3cccc(OC)n3)cc2)c2c(sc(C)c2C)-n2c(C)nnc21. The molecule has 0 saturated carbocycles. The minimum atomic E-state index is -0.515. The lowest BCUT2D eigenvalue weighted by molar-refractivity contribution is -0.143. The molecule has 3 aromatic heterocycles. The molecular formula is C27H27N5O3S. The van der Waals surface area contributed by atoms with Crippen LogP contribution in [0.1, 0.15) is 52.6 Å². The van der Waals surface area contributed by atoms with Crippen LogP contribution in [-0.4, -0.2) is 45.1 Å². The number of thiophene rings is 1. The van der Waals surface area contributed by atoms with E-state index in [0.29, 0.717) is 18.3 Å². The van der Waals surface area contributed by atoms with Crippen molar-refractivity contribution in [1.82, 2.24) is 19.7 Å². The first-order valence-corrected chi connectivity index (χ1v) is 12.6. The number of fused-ring (bicyclic) bond motifs is 3. The quantitative estimate of drug-likeness (QED) is 0.339. The molecule has 0 fully saturated rings. The average molecular weight is 502 g/mol. The average Bonchev–Trinajstić information content (AvgIpc) is 3.36. The van der Waals surface area contributed by atoms with Crippen molar-refractivity contribution in [3.63, 3.8) is 0 Å². The zero-order valence-corrected chi connectivity index (χ0v) is 21.7. The monoisotopic (exact) mass is 501 g/mol. The third kappa shape index (κ3) is 4.19. The molecule has 0 saturated heterocycles. The predicted octanol–water partition coefficient (Wildman–Crippen LogP) is 5.17. The van der Waals surface area contributed by atoms with Gasteiger partial charge in [-0.25, -0.2) is 4.98 Å². The van der Waals surface area contributed by atoms with E-state index in [2.05, 4.69) is 29.0 Å². The van der Waals surface area contributed by atoms with Gasteiger partial charge in [-0.2, -0.15) is 0 Å². The van der Waals surface area contributed by atoms with E-state index in [9.17, 15) is 4.79 Å². The highest BCUT2D eigenvalue weighted by Gasteiger charge is 2.32. The van der Waals surface area contributed by atoms with Crippen LogP contribution >= 0.6 is 11.3 Å². The third-order valence-corrected chi connectivity index (χ3v) is 7.48. The van der Waals surface area contributed by atoms with E-state index in [1.165, 1.54) is 4.88 Å². The summed E-state index contributed by atoms with van der Waals surface area (Å²) in [5.41, 5.74) is 5.78. The van der Waals surface area contributed by atoms with Crippen molar-refractivity contribution in [3.8, 4) is 22.1 Å². The largest absolute Gasteiger partial charge is 0.481 e. The number of nitrogens with zero attached hydrogens (tertiary/aromatic N) is 5. The van der Waals surface area contributed by atoms with E-state index in [4.69, 9.17) is 14.5 Å². The summed E-state index contributed by atoms with van der Waals surface area (Å²) in [5.74, 6) is 1.67. The Hall–Kier alpha value is -3.85. The van der Waals surface area contributed by atoms with Crippen molar-refractivity contribution in [3.05, 3.63) is 75.7 Å². The normalized spacial score (nSPS) is 14.5. The molecule has 4 heterocycles. The highest BCUT2D eigenvalue weighted by Crippen LogP contribution is 2.39. The van der Waals surface area contributed by atoms with Crippen molar-refractivity contribution in [1.29, 1.82) is 0 Å². The molecule has 5 rings (SSSR count). The number of carbonyl (C=O) groups excluding carboxylic acids is 1. The Kier molecular flexibility index (Phi) is 6.40. The Labute approximate surface area is 213 Å². The highest BCUT2D eigenvalue weighted by atomic mass is 32.1. The number of carbonyl (C=O) groups is 1. The van der Waals surface area contributed by atoms with Crippen molar-refractivity contribution in [2.24, 2.45) is 4.99 Å². The van der Waals surface area contributed by atoms with Gasteiger partial charge in [0.15, 0.2) is 5.82 Å². The van der Waals surface area contributed by atoms with Gasteiger partial charge < -0.3 is 9.47 Å². The molecule has 184 valence electrons. The molecule has 9 heteroatoms. The summed E-state index contributed by atoms with van der Waals surface area (Å²) >= 11 is 1.69. The first-order valence-electron chi connectivity index (χ1n) is 11.8. The van der Waals surface area contributed by atoms with E-state index in [1.807, 2.05) is 54.0 Å². The maximum atomic E-state index is 12.5. The first kappa shape index (κ1) is 23.9. The van der Waals surface area contributed by atoms with E-state index in [0.717, 1.165) is 44.5 Å². The lowest BCUT2D eigenvalue weighted by atomic mass is 9.98. The number of rotatable bonds is 6. The minimum Gasteiger partial charge on any atom is -0.481 e. The smallest absolute Gasteiger partial charge is 0.308 e. The molecule has 36 heavy (non-hydrogen) atoms. The molecule has 8 nitrogen and oxygen atoms in total. The van der Waals surface area contributed by atoms with Crippen LogP contribution in [0.2, 0.25) is 0 Å². The lowest BCUT2D eigenvalue weighted by Crippen LogP contribution is -2.13. The predicted molar refractivity (Wildman–Crippen MR) is 139 cm³/mol. The molecule has 1 aromatic carbocycles. The van der Waals surface area contributed by atoms with Crippen molar-refractivity contribution in [2.75, 3.05) is 13.7 Å². The number of methoxy groups -OCH3 is 1. The maximum absolute atomic E-state index is 12.5. The van der Waals surface area contributed by atoms with Crippen LogP contribution in [0, 0.1) is 20.8 Å². The van der Waals surface area contributed by atoms with E-state index in [-0.39, 0.29) is 12.4 Å². The third-order valence-electron chi connectivity index (χ3n) is 6.29. The molecule has 0 amide bonds. The van der Waals surface area contributed by atoms with Crippen LogP contribution in [-0.2, 0) is 9.53 Å². The molecule has 0 aliphatic carbocycles. The minimum absolute atomic E-state index is 0.0915. The number of pyridine rings is 1. The summed E-state index contributed by atoms with van der Waals surface area (Å²) in [6, 6.07) is 13.3. The molecule has 0 radical (unpaired) electrons. The summed E-state index contributed by atoms with van der Waals surface area (Å²) in [7, 11) is 1.61. The van der Waals surface area contributed by atoms with Gasteiger partial charge >= 0.3 is 5.97 Å². The highest BCUT2D eigenvalue weighted by molar-refractivity contribution is 7.15. The molecule has 0 N–H and O–H groups in total. The Morgan fingerprint density at radius 3 is 2.53 bits per heavy atom. The Balaban J connectivity index is 1.64. The van der Waals surface area contributed by atoms with Crippen LogP contribution in [0.25, 0.3) is 16.3 Å². The van der Waals surface area contributed by atoms with Gasteiger partial charge in [-0.1, -0.05) is 30.3 Å². The number of aliphatic imine (C=N–C) groups is 1. The number of hydrogen-bond donors (Lipinski definition) is 0. The zero-order chi connectivity index (χ0) is 25.4. The van der Waals surface area contributed by atoms with Crippen LogP contribution in [0.3, 0.4) is 0 Å². The second-order valence-electron chi connectivity index (χ2n) is 8.55. The summed E-state index contributed by atoms with van der Waals surface area (Å²) in [6.07, 6.45) is 0.0915. The van der Waals surface area contributed by atoms with Gasteiger partial charge in [-0.15, -0.1) is 21.5 Å². The Bertz CT molecular complexity index is 1470. The number of ether oxygens (including phenoxy) is 2. The molecule has 0 spiro atoms. The fourth-order valence-electron chi connectivity index (χ4n) is 4.39. The fourth-order valence-corrected chi connectivity index (χ4v) is 5.60. The summed E-state index contributed by atoms with van der Waals surface area (Å²) in [6.45, 7) is 8.26. The Morgan fingerprint density at radius 1 is 1.06 bits per heavy atom. The molecular weight excluding hydrogens is 474 g/mol. The van der Waals surface area contributed by atoms with Crippen molar-refractivity contribution in [2.45, 2.75) is 40.2 Å². The summed E-state index contributed by atoms with van der Waals surface area (Å²) in [5, 5.41) is 9.77. The molecule has 1 aliphatic rings. The van der Waals surface area contributed by atoms with Crippen LogP contribution in [0.5, 0.6) is 5.88 Å². The first-order chi connectivity index (χ1) is 17.4. The second-order valence-corrected chi connectivity index (χ2v) is 9.75. The number of esters is 1. The summed E-state index contributed by atoms with van der Waals surface area (Å²) < 4.78 is 12.6. The van der Waals surface area contributed by atoms with Crippen LogP contribution in [0.15, 0.2) is 47.5 Å². The number of aromatic nitrogens is 4. The van der Waals surface area contributed by atoms with Gasteiger partial charge in [0.05, 0.1) is 31.5 Å². The second kappa shape index (κ2) is 9.66. The number of benzene rings is 1. The molecule has 1 aliphatic heterocycles. The van der Waals surface area contributed by atoms with Gasteiger partial charge in [0.2, 0.25) is 5.88 Å². The van der Waals surface area contributed by atoms with Gasteiger partial charge in [0.1, 0.15) is 16.9 Å². The standard InChI is InChI=1S/C27H27N5O3S/c1-6-35-23(33)14-21-26-31-30-17(4)32(26)27-24(15(2)16(3)36-27)25(29-21)19-12-10-18(11-13-19)20-8-7-9-22(28-20)34-5/h7-13,21H,6,14H2,1-5H3/t21-/m0/s1. The molecule has 0 unspecified atom stereocenters. The summed E-state index contributed by atoms with van der Waals surface area (Å²) in [4.78, 5) is 23.4. The fraction of sp³-hybridized carbons (Fsp3) is 0.296. The number of aryl methyl sites for hydroxylation is 2. The maximum Gasteiger partial charge on any atom is 0.308 e. The van der Waals surface area contributed by atoms with Crippen LogP contribution < -0.4 is 4.74 Å². The van der Waals surface area contributed by atoms with Gasteiger partial charge in [-0.05, 0) is 39.3 Å². The zero-order valence-electron chi connectivity index (χ0n) is 20.9. The van der Waals surface area contributed by atoms with E-state index >= 15 is 0 Å². The van der Waals surface area contributed by atoms with Crippen LogP contribution in [0.4, 0.5) is 0 Å². The lowest BCUT2D eigenvalue weighted by Gasteiger charge is -2.12. The molecule has 1 atom stereocenters. The molecule has 4 aromatic rings. The van der Waals surface area contributed by atoms with Gasteiger partial charge in [0.25, 0.3) is 0 Å². The van der Waals surface area contributed by atoms with Gasteiger partial charge in [0, 0.05) is 27.6 Å². The molecule has 0 bridgehead atoms. The topological polar surface area (TPSA) is 91.5 Å². The Morgan fingerprint density at radius 2 is 1.81 bits per heavy atom. The van der Waals surface area contributed by atoms with E-state index in [1.54, 1.807) is 25.4 Å². The van der Waals surface area contributed by atoms with Gasteiger partial charge in [-0.3, -0.25) is 14.4 Å². The van der Waals surface area contributed by atoms with Crippen molar-refractivity contribution >= 4 is 23.0 Å².